The van der Waals surface area contributed by atoms with Gasteiger partial charge in [-0.05, 0) is 71.5 Å². The van der Waals surface area contributed by atoms with Gasteiger partial charge in [-0.25, -0.2) is 0 Å². The van der Waals surface area contributed by atoms with E-state index < -0.39 is 45.3 Å². The molecule has 3 amide bonds. The highest BCUT2D eigenvalue weighted by Gasteiger charge is 2.73. The minimum atomic E-state index is -1.30. The summed E-state index contributed by atoms with van der Waals surface area (Å²) < 4.78 is 5.91. The van der Waals surface area contributed by atoms with E-state index in [-0.39, 0.29) is 5.92 Å². The Hall–Kier alpha value is -4.13. The fourth-order valence-corrected chi connectivity index (χ4v) is 8.34. The van der Waals surface area contributed by atoms with Crippen LogP contribution in [0.3, 0.4) is 0 Å². The second kappa shape index (κ2) is 10.2. The van der Waals surface area contributed by atoms with Crippen LogP contribution >= 0.6 is 23.2 Å². The molecule has 0 aromatic heterocycles. The Morgan fingerprint density at radius 2 is 1.14 bits per heavy atom. The quantitative estimate of drug-likeness (QED) is 0.180. The van der Waals surface area contributed by atoms with Crippen molar-refractivity contribution >= 4 is 46.6 Å². The lowest BCUT2D eigenvalue weighted by molar-refractivity contribution is -0.148. The van der Waals surface area contributed by atoms with Crippen molar-refractivity contribution in [2.45, 2.75) is 36.6 Å². The number of alkyl halides is 2. The molecule has 1 aliphatic heterocycles. The second-order valence-corrected chi connectivity index (χ2v) is 13.3. The van der Waals surface area contributed by atoms with Gasteiger partial charge in [0.1, 0.15) is 27.3 Å². The predicted octanol–water partition coefficient (Wildman–Crippen LogP) is 7.34. The molecule has 44 heavy (non-hydrogen) atoms. The van der Waals surface area contributed by atoms with E-state index >= 15 is 0 Å². The molecule has 0 saturated carbocycles. The average Bonchev–Trinajstić information content (AvgIpc) is 3.28. The number of anilines is 1. The zero-order valence-corrected chi connectivity index (χ0v) is 25.9. The Labute approximate surface area is 265 Å². The summed E-state index contributed by atoms with van der Waals surface area (Å²) in [5.74, 6) is -2.45. The van der Waals surface area contributed by atoms with E-state index in [9.17, 15) is 14.4 Å². The van der Waals surface area contributed by atoms with Crippen molar-refractivity contribution < 1.29 is 19.1 Å². The third kappa shape index (κ3) is 3.97. The van der Waals surface area contributed by atoms with Crippen LogP contribution < -0.4 is 10.1 Å². The number of hydrogen-bond donors (Lipinski definition) is 1. The van der Waals surface area contributed by atoms with Crippen LogP contribution in [0.1, 0.15) is 41.7 Å². The topological polar surface area (TPSA) is 75.7 Å². The van der Waals surface area contributed by atoms with Gasteiger partial charge in [-0.15, -0.1) is 23.2 Å². The molecule has 1 heterocycles. The summed E-state index contributed by atoms with van der Waals surface area (Å²) in [6.45, 7) is 5.64. The molecule has 0 radical (unpaired) electrons. The number of ether oxygens (including phenoxy) is 1. The number of benzene rings is 4. The van der Waals surface area contributed by atoms with Gasteiger partial charge in [-0.3, -0.25) is 19.3 Å². The van der Waals surface area contributed by atoms with Gasteiger partial charge in [0.05, 0.1) is 11.8 Å². The number of nitrogens with one attached hydrogen (secondary N) is 1. The summed E-state index contributed by atoms with van der Waals surface area (Å²) in [7, 11) is 0. The van der Waals surface area contributed by atoms with Gasteiger partial charge in [0.2, 0.25) is 17.7 Å². The molecule has 2 bridgehead atoms. The van der Waals surface area contributed by atoms with Gasteiger partial charge in [-0.1, -0.05) is 80.1 Å². The van der Waals surface area contributed by atoms with Crippen LogP contribution in [0.15, 0.2) is 97.1 Å². The molecule has 4 aromatic rings. The van der Waals surface area contributed by atoms with Crippen molar-refractivity contribution in [3.05, 3.63) is 125 Å². The molecule has 222 valence electrons. The first kappa shape index (κ1) is 28.6. The number of carbonyl (C=O) groups excluding carboxylic acids is 3. The van der Waals surface area contributed by atoms with Crippen molar-refractivity contribution in [2.75, 3.05) is 5.32 Å². The maximum absolute atomic E-state index is 14.4. The maximum atomic E-state index is 14.4. The summed E-state index contributed by atoms with van der Waals surface area (Å²) in [6, 6.07) is 28.6. The van der Waals surface area contributed by atoms with E-state index in [1.165, 1.54) is 0 Å². The van der Waals surface area contributed by atoms with E-state index in [1.54, 1.807) is 24.3 Å². The molecule has 4 aromatic carbocycles. The monoisotopic (exact) mass is 624 g/mol. The van der Waals surface area contributed by atoms with Crippen LogP contribution in [0.4, 0.5) is 5.69 Å². The fourth-order valence-electron chi connectivity index (χ4n) is 7.25. The summed E-state index contributed by atoms with van der Waals surface area (Å²) in [6.07, 6.45) is 0. The van der Waals surface area contributed by atoms with E-state index in [2.05, 4.69) is 5.32 Å². The highest BCUT2D eigenvalue weighted by atomic mass is 35.5. The van der Waals surface area contributed by atoms with Gasteiger partial charge >= 0.3 is 0 Å². The molecular formula is C36H30Cl2N2O4. The molecule has 1 fully saturated rings. The first-order valence-corrected chi connectivity index (χ1v) is 15.4. The Kier molecular flexibility index (Phi) is 6.65. The summed E-state index contributed by atoms with van der Waals surface area (Å²) in [5, 5.41) is 2.91. The van der Waals surface area contributed by atoms with Crippen molar-refractivity contribution in [3.8, 4) is 11.5 Å². The average molecular weight is 626 g/mol. The lowest BCUT2D eigenvalue weighted by atomic mass is 9.54. The molecule has 1 N–H and O–H groups in total. The molecule has 3 aliphatic carbocycles. The highest BCUT2D eigenvalue weighted by molar-refractivity contribution is 6.36. The number of halogens is 2. The highest BCUT2D eigenvalue weighted by Crippen LogP contribution is 2.69. The van der Waals surface area contributed by atoms with Gasteiger partial charge in [0.15, 0.2) is 0 Å². The number of nitrogens with zero attached hydrogens (tertiary/aromatic N) is 1. The third-order valence-electron chi connectivity index (χ3n) is 9.18. The van der Waals surface area contributed by atoms with Crippen LogP contribution in [0.2, 0.25) is 0 Å². The third-order valence-corrected chi connectivity index (χ3v) is 10.5. The van der Waals surface area contributed by atoms with Crippen molar-refractivity contribution in [3.63, 3.8) is 0 Å². The number of rotatable bonds is 6. The molecule has 0 unspecified atom stereocenters. The van der Waals surface area contributed by atoms with E-state index in [0.29, 0.717) is 17.2 Å². The van der Waals surface area contributed by atoms with Crippen LogP contribution in [0, 0.1) is 24.7 Å². The first-order valence-electron chi connectivity index (χ1n) is 14.7. The maximum Gasteiger partial charge on any atom is 0.247 e. The second-order valence-electron chi connectivity index (χ2n) is 12.1. The van der Waals surface area contributed by atoms with E-state index in [0.717, 1.165) is 32.7 Å². The van der Waals surface area contributed by atoms with Crippen molar-refractivity contribution in [1.82, 2.24) is 4.90 Å². The zero-order chi connectivity index (χ0) is 31.0. The Morgan fingerprint density at radius 1 is 0.727 bits per heavy atom. The minimum absolute atomic E-state index is 0.382. The van der Waals surface area contributed by atoms with E-state index in [4.69, 9.17) is 27.9 Å². The Balaban J connectivity index is 1.20. The standard InChI is InChI=1S/C36H30Cl2N2O4/c1-20(2)31(32(41)39-22-14-18-24(19-15-22)44-23-16-12-21(3)13-17-23)40-33(42)29-30(34(40)43)36(38)26-9-5-4-8-25(26)35(29,37)27-10-6-7-11-28(27)36/h4-20,29-31H,1-3H3,(H,39,41)/t29-,30+,31-,35?,36?/m0/s1. The van der Waals surface area contributed by atoms with Gasteiger partial charge in [0, 0.05) is 5.69 Å². The van der Waals surface area contributed by atoms with Gasteiger partial charge in [0.25, 0.3) is 0 Å². The minimum Gasteiger partial charge on any atom is -0.457 e. The molecule has 0 spiro atoms. The molecule has 6 nitrogen and oxygen atoms in total. The number of carbonyl (C=O) groups is 3. The van der Waals surface area contributed by atoms with Crippen molar-refractivity contribution in [2.24, 2.45) is 17.8 Å². The molecule has 3 atom stereocenters. The van der Waals surface area contributed by atoms with E-state index in [1.807, 2.05) is 93.6 Å². The first-order chi connectivity index (χ1) is 21.1. The summed E-state index contributed by atoms with van der Waals surface area (Å²) in [4.78, 5) is 41.2. The lowest BCUT2D eigenvalue weighted by Crippen LogP contribution is -2.57. The molecule has 1 saturated heterocycles. The molecule has 8 heteroatoms. The van der Waals surface area contributed by atoms with Gasteiger partial charge < -0.3 is 10.1 Å². The largest absolute Gasteiger partial charge is 0.457 e. The number of hydrogen-bond acceptors (Lipinski definition) is 4. The van der Waals surface area contributed by atoms with Crippen LogP contribution in [0.5, 0.6) is 11.5 Å². The van der Waals surface area contributed by atoms with Crippen LogP contribution in [-0.4, -0.2) is 28.7 Å². The molecular weight excluding hydrogens is 595 g/mol. The fraction of sp³-hybridized carbons (Fsp3) is 0.250. The smallest absolute Gasteiger partial charge is 0.247 e. The Bertz CT molecular complexity index is 1700. The van der Waals surface area contributed by atoms with Gasteiger partial charge in [-0.2, -0.15) is 0 Å². The summed E-state index contributed by atoms with van der Waals surface area (Å²) >= 11 is 15.1. The Morgan fingerprint density at radius 3 is 1.55 bits per heavy atom. The molecule has 8 rings (SSSR count). The number of imide groups is 1. The number of aryl methyl sites for hydroxylation is 1. The van der Waals surface area contributed by atoms with Crippen LogP contribution in [-0.2, 0) is 24.1 Å². The zero-order valence-electron chi connectivity index (χ0n) is 24.4. The molecule has 4 aliphatic rings. The van der Waals surface area contributed by atoms with Crippen molar-refractivity contribution in [1.29, 1.82) is 0 Å². The normalized spacial score (nSPS) is 25.4. The number of amides is 3. The predicted molar refractivity (Wildman–Crippen MR) is 170 cm³/mol. The lowest BCUT2D eigenvalue weighted by Gasteiger charge is -2.54. The summed E-state index contributed by atoms with van der Waals surface area (Å²) in [5.41, 5.74) is 4.52. The SMILES string of the molecule is Cc1ccc(Oc2ccc(NC(=O)[C@H](C(C)C)N3C(=O)[C@@H]4[C@H](C3=O)C3(Cl)c5ccccc5C4(Cl)c4ccccc43)cc2)cc1. The number of likely N-dealkylation sites (tertiary alicyclic amines) is 1. The van der Waals surface area contributed by atoms with Crippen LogP contribution in [0.25, 0.3) is 0 Å².